The van der Waals surface area contributed by atoms with Crippen LogP contribution in [0.5, 0.6) is 5.75 Å². The summed E-state index contributed by atoms with van der Waals surface area (Å²) in [5.41, 5.74) is -0.0458. The molecule has 6 heteroatoms. The topological polar surface area (TPSA) is 81.8 Å². The molecule has 1 aromatic heterocycles. The zero-order chi connectivity index (χ0) is 14.2. The van der Waals surface area contributed by atoms with E-state index in [1.807, 2.05) is 30.3 Å². The first-order valence-corrected chi connectivity index (χ1v) is 6.30. The first-order valence-electron chi connectivity index (χ1n) is 6.30. The first-order chi connectivity index (χ1) is 9.79. The third-order valence-electron chi connectivity index (χ3n) is 2.69. The zero-order valence-electron chi connectivity index (χ0n) is 10.8. The van der Waals surface area contributed by atoms with Crippen LogP contribution in [0.25, 0.3) is 0 Å². The second-order valence-electron chi connectivity index (χ2n) is 4.19. The highest BCUT2D eigenvalue weighted by Gasteiger charge is 2.12. The predicted octanol–water partition coefficient (Wildman–Crippen LogP) is 2.98. The second-order valence-corrected chi connectivity index (χ2v) is 4.19. The van der Waals surface area contributed by atoms with Gasteiger partial charge in [-0.1, -0.05) is 23.4 Å². The Hall–Kier alpha value is -2.50. The van der Waals surface area contributed by atoms with Crippen molar-refractivity contribution < 1.29 is 14.1 Å². The minimum Gasteiger partial charge on any atom is -0.494 e. The number of para-hydroxylation sites is 1. The number of hydrogen-bond acceptors (Lipinski definition) is 5. The summed E-state index contributed by atoms with van der Waals surface area (Å²) in [5, 5.41) is 5.77. The van der Waals surface area contributed by atoms with E-state index in [4.69, 9.17) is 9.26 Å². The molecule has 0 unspecified atom stereocenters. The van der Waals surface area contributed by atoms with Gasteiger partial charge in [-0.3, -0.25) is 4.79 Å². The molecule has 0 aliphatic rings. The average molecular weight is 274 g/mol. The fourth-order valence-corrected chi connectivity index (χ4v) is 1.69. The zero-order valence-corrected chi connectivity index (χ0v) is 10.8. The Balaban J connectivity index is 1.67. The van der Waals surface area contributed by atoms with Gasteiger partial charge in [-0.15, -0.1) is 4.91 Å². The number of nitrogens with zero attached hydrogens (tertiary/aromatic N) is 2. The molecule has 0 spiro atoms. The summed E-state index contributed by atoms with van der Waals surface area (Å²) in [4.78, 5) is 21.0. The van der Waals surface area contributed by atoms with Crippen LogP contribution in [0, 0.1) is 4.91 Å². The third kappa shape index (κ3) is 4.01. The molecule has 0 radical (unpaired) electrons. The predicted molar refractivity (Wildman–Crippen MR) is 71.5 cm³/mol. The fourth-order valence-electron chi connectivity index (χ4n) is 1.69. The van der Waals surface area contributed by atoms with Gasteiger partial charge in [-0.2, -0.15) is 0 Å². The lowest BCUT2D eigenvalue weighted by Gasteiger charge is -2.04. The fraction of sp³-hybridized carbons (Fsp3) is 0.286. The minimum atomic E-state index is -0.910. The molecule has 0 fully saturated rings. The quantitative estimate of drug-likeness (QED) is 0.572. The van der Waals surface area contributed by atoms with Crippen molar-refractivity contribution in [3.8, 4) is 5.75 Å². The summed E-state index contributed by atoms with van der Waals surface area (Å²) in [7, 11) is 0. The number of carbonyl (C=O) groups excluding carboxylic acids is 1. The molecule has 1 aromatic carbocycles. The lowest BCUT2D eigenvalue weighted by Crippen LogP contribution is -1.97. The average Bonchev–Trinajstić information content (AvgIpc) is 2.96. The first kappa shape index (κ1) is 13.9. The number of aryl methyl sites for hydroxylation is 1. The van der Waals surface area contributed by atoms with Crippen LogP contribution < -0.4 is 4.74 Å². The van der Waals surface area contributed by atoms with Crippen molar-refractivity contribution in [1.29, 1.82) is 0 Å². The molecule has 20 heavy (non-hydrogen) atoms. The highest BCUT2D eigenvalue weighted by atomic mass is 16.5. The van der Waals surface area contributed by atoms with Gasteiger partial charge in [0, 0.05) is 17.7 Å². The number of amides is 1. The molecule has 6 nitrogen and oxygen atoms in total. The van der Waals surface area contributed by atoms with Crippen molar-refractivity contribution in [2.45, 2.75) is 19.3 Å². The van der Waals surface area contributed by atoms with Crippen LogP contribution in [0.4, 0.5) is 0 Å². The smallest absolute Gasteiger partial charge is 0.338 e. The van der Waals surface area contributed by atoms with Gasteiger partial charge >= 0.3 is 5.91 Å². The Bertz CT molecular complexity index is 566. The molecule has 0 saturated heterocycles. The third-order valence-corrected chi connectivity index (χ3v) is 2.69. The number of unbranched alkanes of at least 4 members (excludes halogenated alkanes) is 1. The monoisotopic (exact) mass is 274 g/mol. The van der Waals surface area contributed by atoms with Crippen molar-refractivity contribution in [1.82, 2.24) is 5.16 Å². The summed E-state index contributed by atoms with van der Waals surface area (Å²) in [6, 6.07) is 11.0. The molecule has 0 aliphatic carbocycles. The van der Waals surface area contributed by atoms with Crippen LogP contribution in [0.2, 0.25) is 0 Å². The molecule has 1 amide bonds. The Kier molecular flexibility index (Phi) is 5.00. The summed E-state index contributed by atoms with van der Waals surface area (Å²) in [6.45, 7) is 0.611. The Morgan fingerprint density at radius 1 is 1.25 bits per heavy atom. The second kappa shape index (κ2) is 7.18. The van der Waals surface area contributed by atoms with Gasteiger partial charge in [0.05, 0.1) is 6.61 Å². The number of aromatic nitrogens is 1. The van der Waals surface area contributed by atoms with Crippen molar-refractivity contribution >= 4 is 5.91 Å². The van der Waals surface area contributed by atoms with E-state index in [1.165, 1.54) is 6.07 Å². The summed E-state index contributed by atoms with van der Waals surface area (Å²) >= 11 is 0. The maximum absolute atomic E-state index is 10.9. The van der Waals surface area contributed by atoms with E-state index in [9.17, 15) is 9.70 Å². The van der Waals surface area contributed by atoms with Gasteiger partial charge in [-0.25, -0.2) is 0 Å². The molecule has 2 rings (SSSR count). The molecular weight excluding hydrogens is 260 g/mol. The molecule has 0 N–H and O–H groups in total. The van der Waals surface area contributed by atoms with E-state index in [2.05, 4.69) is 10.3 Å². The van der Waals surface area contributed by atoms with Gasteiger partial charge in [0.2, 0.25) is 0 Å². The Labute approximate surface area is 115 Å². The van der Waals surface area contributed by atoms with Crippen LogP contribution >= 0.6 is 0 Å². The standard InChI is InChI=1S/C14H14N2O4/c17-14(15-18)13-10-12(20-16-13)8-4-5-9-19-11-6-2-1-3-7-11/h1-3,6-7,10H,4-5,8-9H2. The molecule has 0 aliphatic heterocycles. The SMILES string of the molecule is O=NC(=O)c1cc(CCCCOc2ccccc2)on1. The molecule has 0 bridgehead atoms. The normalized spacial score (nSPS) is 10.2. The maximum Gasteiger partial charge on any atom is 0.338 e. The van der Waals surface area contributed by atoms with E-state index in [1.54, 1.807) is 0 Å². The number of nitroso groups, excluding NO2 is 1. The highest BCUT2D eigenvalue weighted by Crippen LogP contribution is 2.11. The largest absolute Gasteiger partial charge is 0.494 e. The molecule has 0 atom stereocenters. The van der Waals surface area contributed by atoms with Crippen molar-refractivity contribution in [2.24, 2.45) is 5.18 Å². The number of carbonyl (C=O) groups is 1. The summed E-state index contributed by atoms with van der Waals surface area (Å²) in [5.74, 6) is 0.501. The van der Waals surface area contributed by atoms with Gasteiger partial charge < -0.3 is 9.26 Å². The number of hydrogen-bond donors (Lipinski definition) is 0. The van der Waals surface area contributed by atoms with Crippen molar-refractivity contribution in [3.05, 3.63) is 52.8 Å². The Morgan fingerprint density at radius 2 is 2.05 bits per heavy atom. The lowest BCUT2D eigenvalue weighted by molar-refractivity contribution is 0.0992. The van der Waals surface area contributed by atoms with Gasteiger partial charge in [0.1, 0.15) is 11.5 Å². The van der Waals surface area contributed by atoms with E-state index >= 15 is 0 Å². The van der Waals surface area contributed by atoms with Crippen LogP contribution in [0.1, 0.15) is 29.1 Å². The minimum absolute atomic E-state index is 0.0458. The summed E-state index contributed by atoms with van der Waals surface area (Å²) < 4.78 is 10.5. The van der Waals surface area contributed by atoms with E-state index in [-0.39, 0.29) is 5.69 Å². The van der Waals surface area contributed by atoms with E-state index < -0.39 is 5.91 Å². The molecule has 104 valence electrons. The van der Waals surface area contributed by atoms with Crippen LogP contribution in [0.15, 0.2) is 46.1 Å². The van der Waals surface area contributed by atoms with Crippen LogP contribution in [0.3, 0.4) is 0 Å². The number of rotatable bonds is 7. The summed E-state index contributed by atoms with van der Waals surface area (Å²) in [6.07, 6.45) is 2.33. The maximum atomic E-state index is 10.9. The number of benzene rings is 1. The van der Waals surface area contributed by atoms with Crippen molar-refractivity contribution in [3.63, 3.8) is 0 Å². The molecule has 1 heterocycles. The molecule has 0 saturated carbocycles. The molecule has 2 aromatic rings. The van der Waals surface area contributed by atoms with Gasteiger partial charge in [-0.05, 0) is 25.0 Å². The van der Waals surface area contributed by atoms with Gasteiger partial charge in [0.15, 0.2) is 5.69 Å². The highest BCUT2D eigenvalue weighted by molar-refractivity contribution is 5.92. The van der Waals surface area contributed by atoms with Crippen LogP contribution in [-0.4, -0.2) is 17.7 Å². The Morgan fingerprint density at radius 3 is 2.80 bits per heavy atom. The van der Waals surface area contributed by atoms with Crippen LogP contribution in [-0.2, 0) is 6.42 Å². The van der Waals surface area contributed by atoms with E-state index in [0.717, 1.165) is 18.6 Å². The number of ether oxygens (including phenoxy) is 1. The van der Waals surface area contributed by atoms with Crippen molar-refractivity contribution in [2.75, 3.05) is 6.61 Å². The van der Waals surface area contributed by atoms with E-state index in [0.29, 0.717) is 18.8 Å². The lowest BCUT2D eigenvalue weighted by atomic mass is 10.2. The van der Waals surface area contributed by atoms with Gasteiger partial charge in [0.25, 0.3) is 0 Å². The molecular formula is C14H14N2O4.